The second-order valence-electron chi connectivity index (χ2n) is 14.6. The summed E-state index contributed by atoms with van der Waals surface area (Å²) in [7, 11) is 1.40. The summed E-state index contributed by atoms with van der Waals surface area (Å²) in [4.78, 5) is 15.6. The third kappa shape index (κ3) is 6.25. The van der Waals surface area contributed by atoms with Crippen LogP contribution in [-0.4, -0.2) is 118 Å². The molecule has 2 aromatic carbocycles. The summed E-state index contributed by atoms with van der Waals surface area (Å²) in [5, 5.41) is 40.3. The van der Waals surface area contributed by atoms with E-state index in [1.165, 1.54) is 32.1 Å². The van der Waals surface area contributed by atoms with Gasteiger partial charge in [-0.1, -0.05) is 0 Å². The lowest BCUT2D eigenvalue weighted by atomic mass is 9.90. The number of rotatable bonds is 7. The maximum Gasteiger partial charge on any atom is 0.318 e. The van der Waals surface area contributed by atoms with Crippen molar-refractivity contribution in [1.29, 1.82) is 5.26 Å². The molecular weight excluding hydrogens is 712 g/mol. The summed E-state index contributed by atoms with van der Waals surface area (Å²) in [5.41, 5.74) is 7.22. The molecule has 0 saturated carbocycles. The van der Waals surface area contributed by atoms with E-state index in [0.29, 0.717) is 52.7 Å². The molecule has 0 spiro atoms. The third-order valence-electron chi connectivity index (χ3n) is 11.5. The molecule has 0 aliphatic carbocycles. The Morgan fingerprint density at radius 1 is 1.04 bits per heavy atom. The van der Waals surface area contributed by atoms with Gasteiger partial charge in [-0.3, -0.25) is 9.80 Å². The van der Waals surface area contributed by atoms with Crippen molar-refractivity contribution in [3.05, 3.63) is 40.5 Å². The molecule has 9 rings (SSSR count). The first-order chi connectivity index (χ1) is 25.6. The van der Waals surface area contributed by atoms with Crippen LogP contribution in [0.25, 0.3) is 32.1 Å². The van der Waals surface area contributed by atoms with Crippen LogP contribution in [0.15, 0.2) is 12.1 Å². The van der Waals surface area contributed by atoms with Gasteiger partial charge >= 0.3 is 6.01 Å². The summed E-state index contributed by atoms with van der Waals surface area (Å²) in [5.74, 6) is -0.959. The van der Waals surface area contributed by atoms with E-state index < -0.39 is 36.6 Å². The number of aliphatic hydroxyl groups is 3. The fraction of sp³-hybridized carbons (Fsp3) is 0.541. The number of hydrogen-bond acceptors (Lipinski definition) is 13. The van der Waals surface area contributed by atoms with E-state index in [9.17, 15) is 25.0 Å². The van der Waals surface area contributed by atoms with Gasteiger partial charge in [0.25, 0.3) is 0 Å². The number of nitrogen functional groups attached to an aromatic ring is 1. The standard InChI is InChI=1S/C30H30F2N6O5S.C7H12FN/c1-42-30-35-27-24(29(36-30)38-13-2-3-14(38)8-37(7-13)9-19(40)20(41)10-39)17-12-43-11-16(17)23(26(27)32)25-18(31)4-5-21-22(25)15(6-33)28(34)44-21;8-6-4-7-2-1-3-9(7)5-6/h4-5,13-14,19-20,39-41H,2-3,7-12,34H2,1H3;6-7H,1-5H2. The Hall–Kier alpha value is -3.82. The van der Waals surface area contributed by atoms with Crippen LogP contribution >= 0.6 is 11.3 Å². The number of β-amino-alcohol motifs (C(OH)–C–C–N with tert-alkyl or cyclic N) is 1. The molecule has 53 heavy (non-hydrogen) atoms. The second-order valence-corrected chi connectivity index (χ2v) is 15.7. The van der Waals surface area contributed by atoms with Gasteiger partial charge in [-0.05, 0) is 61.9 Å². The van der Waals surface area contributed by atoms with Gasteiger partial charge in [0.15, 0.2) is 5.82 Å². The van der Waals surface area contributed by atoms with E-state index in [1.54, 1.807) is 0 Å². The van der Waals surface area contributed by atoms with Gasteiger partial charge in [-0.2, -0.15) is 15.2 Å². The maximum absolute atomic E-state index is 17.0. The number of fused-ring (bicyclic) bond motifs is 7. The largest absolute Gasteiger partial charge is 0.467 e. The lowest BCUT2D eigenvalue weighted by molar-refractivity contribution is -0.0317. The number of thiophene rings is 1. The molecule has 6 atom stereocenters. The number of alkyl halides is 1. The van der Waals surface area contributed by atoms with Crippen molar-refractivity contribution in [3.63, 3.8) is 0 Å². The Kier molecular flexibility index (Phi) is 9.85. The number of likely N-dealkylation sites (tertiary alicyclic amines) is 1. The lowest BCUT2D eigenvalue weighted by Crippen LogP contribution is -2.56. The van der Waals surface area contributed by atoms with E-state index in [2.05, 4.69) is 25.8 Å². The topological polar surface area (TPSA) is 164 Å². The third-order valence-corrected chi connectivity index (χ3v) is 12.5. The van der Waals surface area contributed by atoms with Crippen LogP contribution in [0.2, 0.25) is 0 Å². The number of nitrogens with zero attached hydrogens (tertiary/aromatic N) is 6. The van der Waals surface area contributed by atoms with Gasteiger partial charge in [-0.15, -0.1) is 11.3 Å². The highest BCUT2D eigenvalue weighted by Crippen LogP contribution is 2.49. The van der Waals surface area contributed by atoms with Crippen LogP contribution in [0.3, 0.4) is 0 Å². The highest BCUT2D eigenvalue weighted by molar-refractivity contribution is 7.23. The Morgan fingerprint density at radius 3 is 2.49 bits per heavy atom. The molecule has 4 aromatic rings. The number of ether oxygens (including phenoxy) is 2. The van der Waals surface area contributed by atoms with Gasteiger partial charge in [0.05, 0.1) is 44.0 Å². The SMILES string of the molecule is COc1nc(N2C3CCC2CN(CC(O)C(O)CO)C3)c2c3c(c(-c4c(F)ccc5sc(N)c(C#N)c45)c(F)c2n1)COC3.FC1CC2CCCN2C1. The molecule has 0 amide bonds. The maximum atomic E-state index is 17.0. The molecule has 2 aromatic heterocycles. The Labute approximate surface area is 308 Å². The quantitative estimate of drug-likeness (QED) is 0.216. The number of halogens is 3. The number of benzene rings is 2. The first-order valence-electron chi connectivity index (χ1n) is 18.0. The monoisotopic (exact) mass is 753 g/mol. The number of piperazine rings is 1. The van der Waals surface area contributed by atoms with Crippen LogP contribution < -0.4 is 15.4 Å². The Bertz CT molecular complexity index is 2070. The minimum absolute atomic E-state index is 0.0154. The normalized spacial score (nSPS) is 25.0. The highest BCUT2D eigenvalue weighted by atomic mass is 32.1. The van der Waals surface area contributed by atoms with Gasteiger partial charge < -0.3 is 35.4 Å². The molecular formula is C37H42F3N7O5S. The van der Waals surface area contributed by atoms with E-state index in [4.69, 9.17) is 20.2 Å². The van der Waals surface area contributed by atoms with Gasteiger partial charge in [0, 0.05) is 65.5 Å². The number of methoxy groups -OCH3 is 1. The molecule has 7 heterocycles. The van der Waals surface area contributed by atoms with Crippen molar-refractivity contribution in [3.8, 4) is 23.2 Å². The second kappa shape index (κ2) is 14.4. The first-order valence-corrected chi connectivity index (χ1v) is 18.9. The summed E-state index contributed by atoms with van der Waals surface area (Å²) < 4.78 is 57.2. The highest BCUT2D eigenvalue weighted by Gasteiger charge is 2.43. The molecule has 5 N–H and O–H groups in total. The van der Waals surface area contributed by atoms with E-state index >= 15 is 8.78 Å². The fourth-order valence-electron chi connectivity index (χ4n) is 9.09. The van der Waals surface area contributed by atoms with Crippen molar-refractivity contribution in [2.24, 2.45) is 0 Å². The summed E-state index contributed by atoms with van der Waals surface area (Å²) in [6, 6.07) is 5.34. The lowest BCUT2D eigenvalue weighted by Gasteiger charge is -2.43. The molecule has 12 nitrogen and oxygen atoms in total. The Balaban J connectivity index is 0.000000386. The summed E-state index contributed by atoms with van der Waals surface area (Å²) in [6.45, 7) is 2.81. The predicted octanol–water partition coefficient (Wildman–Crippen LogP) is 3.84. The molecule has 4 fully saturated rings. The van der Waals surface area contributed by atoms with Crippen molar-refractivity contribution < 1.29 is 38.0 Å². The minimum Gasteiger partial charge on any atom is -0.467 e. The number of hydrogen-bond donors (Lipinski definition) is 4. The summed E-state index contributed by atoms with van der Waals surface area (Å²) >= 11 is 1.14. The van der Waals surface area contributed by atoms with Crippen LogP contribution in [0, 0.1) is 23.0 Å². The zero-order valence-corrected chi connectivity index (χ0v) is 30.1. The zero-order valence-electron chi connectivity index (χ0n) is 29.3. The van der Waals surface area contributed by atoms with Crippen LogP contribution in [0.1, 0.15) is 48.8 Å². The van der Waals surface area contributed by atoms with Gasteiger partial charge in [0.2, 0.25) is 0 Å². The zero-order chi connectivity index (χ0) is 37.1. The molecule has 0 radical (unpaired) electrons. The predicted molar refractivity (Wildman–Crippen MR) is 193 cm³/mol. The number of aromatic nitrogens is 2. The van der Waals surface area contributed by atoms with Gasteiger partial charge in [-0.25, -0.2) is 13.2 Å². The average molecular weight is 754 g/mol. The van der Waals surface area contributed by atoms with Crippen molar-refractivity contribution in [1.82, 2.24) is 19.8 Å². The molecule has 4 saturated heterocycles. The smallest absolute Gasteiger partial charge is 0.318 e. The number of anilines is 2. The van der Waals surface area contributed by atoms with E-state index in [1.807, 2.05) is 0 Å². The average Bonchev–Trinajstić information content (AvgIpc) is 3.97. The van der Waals surface area contributed by atoms with Crippen molar-refractivity contribution in [2.75, 3.05) is 57.1 Å². The summed E-state index contributed by atoms with van der Waals surface area (Å²) in [6.07, 6.45) is 2.15. The van der Waals surface area contributed by atoms with E-state index in [0.717, 1.165) is 37.1 Å². The van der Waals surface area contributed by atoms with Crippen LogP contribution in [0.4, 0.5) is 24.0 Å². The van der Waals surface area contributed by atoms with Crippen LogP contribution in [0.5, 0.6) is 6.01 Å². The molecule has 6 unspecified atom stereocenters. The molecule has 2 bridgehead atoms. The molecule has 16 heteroatoms. The first kappa shape index (κ1) is 36.2. The van der Waals surface area contributed by atoms with E-state index in [-0.39, 0.29) is 70.4 Å². The van der Waals surface area contributed by atoms with Crippen LogP contribution in [-0.2, 0) is 18.0 Å². The number of nitrogens with two attached hydrogens (primary N) is 1. The Morgan fingerprint density at radius 2 is 1.79 bits per heavy atom. The molecule has 282 valence electrons. The number of nitriles is 1. The van der Waals surface area contributed by atoms with Gasteiger partial charge in [0.1, 0.15) is 40.5 Å². The van der Waals surface area contributed by atoms with Crippen molar-refractivity contribution in [2.45, 2.75) is 81.8 Å². The number of aliphatic hydroxyl groups excluding tert-OH is 3. The fourth-order valence-corrected chi connectivity index (χ4v) is 10.0. The molecule has 5 aliphatic rings. The minimum atomic E-state index is -1.23. The van der Waals surface area contributed by atoms with Crippen molar-refractivity contribution >= 4 is 43.1 Å². The molecule has 5 aliphatic heterocycles.